The highest BCUT2D eigenvalue weighted by molar-refractivity contribution is 5.17. The monoisotopic (exact) mass is 253 g/mol. The number of nitrogens with one attached hydrogen (secondary N) is 1. The molecular formula is C12H19N3O3. The van der Waals surface area contributed by atoms with Crippen molar-refractivity contribution in [3.63, 3.8) is 0 Å². The van der Waals surface area contributed by atoms with Gasteiger partial charge in [-0.2, -0.15) is 0 Å². The molecule has 0 bridgehead atoms. The number of piperidine rings is 1. The zero-order chi connectivity index (χ0) is 13.0. The van der Waals surface area contributed by atoms with Crippen LogP contribution in [0.3, 0.4) is 0 Å². The first kappa shape index (κ1) is 13.0. The Hall–Kier alpha value is -1.40. The number of nitro groups is 1. The van der Waals surface area contributed by atoms with Crippen LogP contribution in [0.25, 0.3) is 0 Å². The highest BCUT2D eigenvalue weighted by atomic mass is 16.6. The lowest BCUT2D eigenvalue weighted by Gasteiger charge is -2.27. The molecule has 1 aliphatic heterocycles. The molecule has 0 spiro atoms. The van der Waals surface area contributed by atoms with Gasteiger partial charge in [0.1, 0.15) is 10.7 Å². The number of likely N-dealkylation sites (N-methyl/N-ethyl adjacent to an activating group) is 1. The minimum absolute atomic E-state index is 0.186. The quantitative estimate of drug-likeness (QED) is 0.639. The molecule has 1 fully saturated rings. The number of furan rings is 1. The minimum Gasteiger partial charge on any atom is -0.404 e. The third-order valence-corrected chi connectivity index (χ3v) is 3.20. The molecule has 6 heteroatoms. The van der Waals surface area contributed by atoms with Crippen LogP contribution in [-0.2, 0) is 6.54 Å². The van der Waals surface area contributed by atoms with Crippen LogP contribution in [0, 0.1) is 10.1 Å². The largest absolute Gasteiger partial charge is 0.433 e. The topological polar surface area (TPSA) is 71.5 Å². The maximum Gasteiger partial charge on any atom is 0.433 e. The van der Waals surface area contributed by atoms with Gasteiger partial charge in [-0.3, -0.25) is 15.0 Å². The third-order valence-electron chi connectivity index (χ3n) is 3.20. The maximum absolute atomic E-state index is 10.5. The van der Waals surface area contributed by atoms with Crippen LogP contribution in [-0.4, -0.2) is 36.0 Å². The Bertz CT molecular complexity index is 399. The second-order valence-corrected chi connectivity index (χ2v) is 4.84. The van der Waals surface area contributed by atoms with E-state index < -0.39 is 4.92 Å². The van der Waals surface area contributed by atoms with Crippen LogP contribution in [0.1, 0.15) is 25.0 Å². The van der Waals surface area contributed by atoms with E-state index >= 15 is 0 Å². The Morgan fingerprint density at radius 2 is 2.39 bits per heavy atom. The summed E-state index contributed by atoms with van der Waals surface area (Å²) in [6.07, 6.45) is 3.73. The van der Waals surface area contributed by atoms with Gasteiger partial charge >= 0.3 is 5.88 Å². The van der Waals surface area contributed by atoms with Gasteiger partial charge in [-0.05, 0) is 32.5 Å². The van der Waals surface area contributed by atoms with Gasteiger partial charge < -0.3 is 9.73 Å². The predicted octanol–water partition coefficient (Wildman–Crippen LogP) is 1.76. The Morgan fingerprint density at radius 1 is 1.56 bits per heavy atom. The van der Waals surface area contributed by atoms with E-state index in [2.05, 4.69) is 10.2 Å². The molecule has 0 radical (unpaired) electrons. The average Bonchev–Trinajstić information content (AvgIpc) is 2.78. The van der Waals surface area contributed by atoms with Crippen molar-refractivity contribution in [1.82, 2.24) is 10.2 Å². The summed E-state index contributed by atoms with van der Waals surface area (Å²) in [7, 11) is 2.00. The molecule has 2 heterocycles. The van der Waals surface area contributed by atoms with Gasteiger partial charge in [-0.15, -0.1) is 0 Å². The smallest absolute Gasteiger partial charge is 0.404 e. The SMILES string of the molecule is CN(Cc1ccc([N+](=O)[O-])o1)CC1CCCCN1. The summed E-state index contributed by atoms with van der Waals surface area (Å²) in [4.78, 5) is 12.1. The summed E-state index contributed by atoms with van der Waals surface area (Å²) in [5.41, 5.74) is 0. The van der Waals surface area contributed by atoms with Crippen LogP contribution >= 0.6 is 0 Å². The zero-order valence-electron chi connectivity index (χ0n) is 10.6. The van der Waals surface area contributed by atoms with E-state index in [4.69, 9.17) is 4.42 Å². The molecular weight excluding hydrogens is 234 g/mol. The summed E-state index contributed by atoms with van der Waals surface area (Å²) in [6.45, 7) is 2.63. The zero-order valence-corrected chi connectivity index (χ0v) is 10.6. The van der Waals surface area contributed by atoms with Gasteiger partial charge in [0.05, 0.1) is 12.6 Å². The molecule has 1 aliphatic rings. The standard InChI is InChI=1S/C12H19N3O3/c1-14(8-10-4-2-3-7-13-10)9-11-5-6-12(18-11)15(16)17/h5-6,10,13H,2-4,7-9H2,1H3. The summed E-state index contributed by atoms with van der Waals surface area (Å²) in [6, 6.07) is 3.60. The van der Waals surface area contributed by atoms with Crippen molar-refractivity contribution < 1.29 is 9.34 Å². The normalized spacial score (nSPS) is 20.2. The molecule has 1 aromatic rings. The molecule has 18 heavy (non-hydrogen) atoms. The first-order chi connectivity index (χ1) is 8.65. The van der Waals surface area contributed by atoms with Gasteiger partial charge in [0.15, 0.2) is 0 Å². The van der Waals surface area contributed by atoms with Crippen molar-refractivity contribution in [2.45, 2.75) is 31.8 Å². The fourth-order valence-electron chi connectivity index (χ4n) is 2.34. The van der Waals surface area contributed by atoms with Crippen LogP contribution in [0.15, 0.2) is 16.5 Å². The highest BCUT2D eigenvalue weighted by Crippen LogP contribution is 2.17. The van der Waals surface area contributed by atoms with E-state index in [1.54, 1.807) is 6.07 Å². The lowest BCUT2D eigenvalue weighted by Crippen LogP contribution is -2.42. The minimum atomic E-state index is -0.508. The van der Waals surface area contributed by atoms with Crippen LogP contribution in [0.2, 0.25) is 0 Å². The Kier molecular flexibility index (Phi) is 4.33. The highest BCUT2D eigenvalue weighted by Gasteiger charge is 2.17. The molecule has 1 N–H and O–H groups in total. The van der Waals surface area contributed by atoms with Crippen molar-refractivity contribution in [3.05, 3.63) is 28.0 Å². The van der Waals surface area contributed by atoms with Crippen LogP contribution in [0.5, 0.6) is 0 Å². The number of hydrogen-bond donors (Lipinski definition) is 1. The van der Waals surface area contributed by atoms with Gasteiger partial charge in [0, 0.05) is 12.6 Å². The molecule has 1 aromatic heterocycles. The van der Waals surface area contributed by atoms with E-state index in [-0.39, 0.29) is 5.88 Å². The first-order valence-electron chi connectivity index (χ1n) is 6.30. The number of rotatable bonds is 5. The molecule has 0 saturated carbocycles. The van der Waals surface area contributed by atoms with Crippen molar-refractivity contribution in [2.24, 2.45) is 0 Å². The van der Waals surface area contributed by atoms with Gasteiger partial charge in [0.2, 0.25) is 0 Å². The summed E-state index contributed by atoms with van der Waals surface area (Å²) in [5, 5.41) is 14.0. The van der Waals surface area contributed by atoms with E-state index in [1.165, 1.54) is 25.3 Å². The van der Waals surface area contributed by atoms with Crippen molar-refractivity contribution in [2.75, 3.05) is 20.1 Å². The maximum atomic E-state index is 10.5. The Morgan fingerprint density at radius 3 is 3.00 bits per heavy atom. The fraction of sp³-hybridized carbons (Fsp3) is 0.667. The van der Waals surface area contributed by atoms with Crippen molar-refractivity contribution in [1.29, 1.82) is 0 Å². The predicted molar refractivity (Wildman–Crippen MR) is 67.3 cm³/mol. The second-order valence-electron chi connectivity index (χ2n) is 4.84. The number of hydrogen-bond acceptors (Lipinski definition) is 5. The Balaban J connectivity index is 1.82. The molecule has 6 nitrogen and oxygen atoms in total. The molecule has 0 aromatic carbocycles. The van der Waals surface area contributed by atoms with Crippen molar-refractivity contribution in [3.8, 4) is 0 Å². The van der Waals surface area contributed by atoms with E-state index in [0.717, 1.165) is 13.1 Å². The van der Waals surface area contributed by atoms with E-state index in [1.807, 2.05) is 7.05 Å². The Labute approximate surface area is 106 Å². The first-order valence-corrected chi connectivity index (χ1v) is 6.30. The van der Waals surface area contributed by atoms with Gasteiger partial charge in [-0.1, -0.05) is 6.42 Å². The average molecular weight is 253 g/mol. The molecule has 100 valence electrons. The molecule has 1 unspecified atom stereocenters. The summed E-state index contributed by atoms with van der Waals surface area (Å²) >= 11 is 0. The molecule has 2 rings (SSSR count). The van der Waals surface area contributed by atoms with Crippen LogP contribution < -0.4 is 5.32 Å². The van der Waals surface area contributed by atoms with Gasteiger partial charge in [-0.25, -0.2) is 0 Å². The van der Waals surface area contributed by atoms with E-state index in [9.17, 15) is 10.1 Å². The fourth-order valence-corrected chi connectivity index (χ4v) is 2.34. The summed E-state index contributed by atoms with van der Waals surface area (Å²) < 4.78 is 5.14. The third kappa shape index (κ3) is 3.54. The molecule has 0 aliphatic carbocycles. The lowest BCUT2D eigenvalue weighted by molar-refractivity contribution is -0.402. The lowest BCUT2D eigenvalue weighted by atomic mass is 10.0. The van der Waals surface area contributed by atoms with Gasteiger partial charge in [0.25, 0.3) is 0 Å². The molecule has 1 atom stereocenters. The second kappa shape index (κ2) is 5.97. The molecule has 1 saturated heterocycles. The van der Waals surface area contributed by atoms with Crippen molar-refractivity contribution >= 4 is 5.88 Å². The van der Waals surface area contributed by atoms with Crippen LogP contribution in [0.4, 0.5) is 5.88 Å². The summed E-state index contributed by atoms with van der Waals surface area (Å²) in [5.74, 6) is 0.453. The number of nitrogens with zero attached hydrogens (tertiary/aromatic N) is 2. The molecule has 0 amide bonds. The van der Waals surface area contributed by atoms with E-state index in [0.29, 0.717) is 18.3 Å².